The molecular weight excluding hydrogens is 431 g/mol. The number of amides is 1. The van der Waals surface area contributed by atoms with Gasteiger partial charge in [-0.3, -0.25) is 9.36 Å². The average molecular weight is 453 g/mol. The molecule has 31 heavy (non-hydrogen) atoms. The van der Waals surface area contributed by atoms with Gasteiger partial charge < -0.3 is 5.32 Å². The molecule has 1 atom stereocenters. The highest BCUT2D eigenvalue weighted by Crippen LogP contribution is 2.24. The maximum Gasteiger partial charge on any atom is 0.230 e. The second kappa shape index (κ2) is 9.89. The van der Waals surface area contributed by atoms with Gasteiger partial charge in [0.25, 0.3) is 0 Å². The summed E-state index contributed by atoms with van der Waals surface area (Å²) in [4.78, 5) is 13.7. The third-order valence-electron chi connectivity index (χ3n) is 4.71. The molecule has 1 N–H and O–H groups in total. The van der Waals surface area contributed by atoms with E-state index in [0.29, 0.717) is 11.6 Å². The molecule has 0 bridgehead atoms. The van der Waals surface area contributed by atoms with E-state index in [1.807, 2.05) is 53.3 Å². The fourth-order valence-corrected chi connectivity index (χ4v) is 4.65. The van der Waals surface area contributed by atoms with Gasteiger partial charge in [0.15, 0.2) is 5.16 Å². The number of nitrogens with one attached hydrogen (secondary N) is 1. The fraction of sp³-hybridized carbons (Fsp3) is 0.174. The first-order valence-corrected chi connectivity index (χ1v) is 11.7. The van der Waals surface area contributed by atoms with E-state index < -0.39 is 0 Å². The first kappa shape index (κ1) is 21.3. The van der Waals surface area contributed by atoms with Gasteiger partial charge in [0, 0.05) is 17.0 Å². The number of hydrogen-bond acceptors (Lipinski definition) is 5. The number of hydrogen-bond donors (Lipinski definition) is 1. The lowest BCUT2D eigenvalue weighted by atomic mass is 10.1. The number of carbonyl (C=O) groups excluding carboxylic acids is 1. The van der Waals surface area contributed by atoms with Crippen molar-refractivity contribution in [3.63, 3.8) is 0 Å². The van der Waals surface area contributed by atoms with E-state index in [1.165, 1.54) is 28.8 Å². The Morgan fingerprint density at radius 3 is 2.58 bits per heavy atom. The predicted molar refractivity (Wildman–Crippen MR) is 122 cm³/mol. The minimum absolute atomic E-state index is 0.121. The maximum absolute atomic E-state index is 13.1. The van der Waals surface area contributed by atoms with E-state index in [4.69, 9.17) is 0 Å². The van der Waals surface area contributed by atoms with Crippen molar-refractivity contribution in [2.75, 3.05) is 5.75 Å². The van der Waals surface area contributed by atoms with Crippen LogP contribution >= 0.6 is 23.1 Å². The molecule has 2 heterocycles. The zero-order valence-electron chi connectivity index (χ0n) is 16.9. The largest absolute Gasteiger partial charge is 0.349 e. The van der Waals surface area contributed by atoms with Crippen LogP contribution < -0.4 is 5.32 Å². The Morgan fingerprint density at radius 2 is 1.87 bits per heavy atom. The summed E-state index contributed by atoms with van der Waals surface area (Å²) in [7, 11) is 0. The van der Waals surface area contributed by atoms with Crippen LogP contribution in [-0.4, -0.2) is 26.4 Å². The van der Waals surface area contributed by atoms with E-state index in [9.17, 15) is 9.18 Å². The first-order chi connectivity index (χ1) is 15.1. The van der Waals surface area contributed by atoms with E-state index in [1.54, 1.807) is 23.5 Å². The van der Waals surface area contributed by atoms with Gasteiger partial charge in [-0.05, 0) is 48.2 Å². The number of halogens is 1. The molecule has 0 aliphatic carbocycles. The first-order valence-electron chi connectivity index (χ1n) is 9.80. The van der Waals surface area contributed by atoms with Crippen molar-refractivity contribution in [1.82, 2.24) is 20.1 Å². The molecule has 0 spiro atoms. The van der Waals surface area contributed by atoms with Gasteiger partial charge in [-0.25, -0.2) is 4.39 Å². The molecule has 0 unspecified atom stereocenters. The zero-order valence-corrected chi connectivity index (χ0v) is 18.5. The fourth-order valence-electron chi connectivity index (χ4n) is 3.16. The molecule has 0 aliphatic heterocycles. The zero-order chi connectivity index (χ0) is 21.6. The molecule has 2 aromatic heterocycles. The highest BCUT2D eigenvalue weighted by molar-refractivity contribution is 7.99. The van der Waals surface area contributed by atoms with Crippen LogP contribution in [0, 0.1) is 5.82 Å². The molecule has 158 valence electrons. The number of thiophene rings is 1. The van der Waals surface area contributed by atoms with Crippen molar-refractivity contribution in [2.45, 2.75) is 24.5 Å². The monoisotopic (exact) mass is 452 g/mol. The van der Waals surface area contributed by atoms with Crippen molar-refractivity contribution in [3.8, 4) is 5.69 Å². The Balaban J connectivity index is 1.47. The molecule has 4 rings (SSSR count). The highest BCUT2D eigenvalue weighted by atomic mass is 32.2. The topological polar surface area (TPSA) is 59.8 Å². The van der Waals surface area contributed by atoms with Gasteiger partial charge >= 0.3 is 0 Å². The quantitative estimate of drug-likeness (QED) is 0.381. The summed E-state index contributed by atoms with van der Waals surface area (Å²) in [5.41, 5.74) is 1.81. The van der Waals surface area contributed by atoms with Gasteiger partial charge in [-0.1, -0.05) is 48.2 Å². The number of benzene rings is 2. The minimum Gasteiger partial charge on any atom is -0.349 e. The summed E-state index contributed by atoms with van der Waals surface area (Å²) >= 11 is 3.02. The van der Waals surface area contributed by atoms with Gasteiger partial charge in [-0.15, -0.1) is 21.5 Å². The summed E-state index contributed by atoms with van der Waals surface area (Å²) in [6.07, 6.45) is 0.675. The summed E-state index contributed by atoms with van der Waals surface area (Å²) in [6, 6.07) is 19.9. The Bertz CT molecular complexity index is 1130. The van der Waals surface area contributed by atoms with Crippen LogP contribution in [0.15, 0.2) is 77.3 Å². The maximum atomic E-state index is 13.1. The molecule has 4 aromatic rings. The van der Waals surface area contributed by atoms with Crippen molar-refractivity contribution < 1.29 is 9.18 Å². The van der Waals surface area contributed by atoms with Gasteiger partial charge in [0.2, 0.25) is 5.91 Å². The van der Waals surface area contributed by atoms with Crippen LogP contribution in [0.1, 0.15) is 29.2 Å². The summed E-state index contributed by atoms with van der Waals surface area (Å²) < 4.78 is 15.1. The van der Waals surface area contributed by atoms with E-state index in [2.05, 4.69) is 21.6 Å². The van der Waals surface area contributed by atoms with Gasteiger partial charge in [0.05, 0.1) is 11.8 Å². The second-order valence-electron chi connectivity index (χ2n) is 6.96. The third-order valence-corrected chi connectivity index (χ3v) is 6.51. The molecule has 2 aromatic carbocycles. The van der Waals surface area contributed by atoms with Crippen molar-refractivity contribution in [2.24, 2.45) is 0 Å². The van der Waals surface area contributed by atoms with Crippen LogP contribution in [0.3, 0.4) is 0 Å². The van der Waals surface area contributed by atoms with Crippen LogP contribution in [0.4, 0.5) is 4.39 Å². The highest BCUT2D eigenvalue weighted by Gasteiger charge is 2.17. The lowest BCUT2D eigenvalue weighted by Gasteiger charge is -2.14. The summed E-state index contributed by atoms with van der Waals surface area (Å²) in [6.45, 7) is 1.88. The molecular formula is C23H21FN4OS2. The van der Waals surface area contributed by atoms with Crippen LogP contribution in [0.25, 0.3) is 5.69 Å². The van der Waals surface area contributed by atoms with Crippen molar-refractivity contribution in [1.29, 1.82) is 0 Å². The summed E-state index contributed by atoms with van der Waals surface area (Å²) in [5, 5.41) is 14.4. The predicted octanol–water partition coefficient (Wildman–Crippen LogP) is 5.03. The number of carbonyl (C=O) groups is 1. The lowest BCUT2D eigenvalue weighted by Crippen LogP contribution is -2.28. The molecule has 8 heteroatoms. The van der Waals surface area contributed by atoms with Crippen LogP contribution in [-0.2, 0) is 11.2 Å². The summed E-state index contributed by atoms with van der Waals surface area (Å²) in [5.74, 6) is 0.618. The number of para-hydroxylation sites is 1. The standard InChI is InChI=1S/C23H21FN4OS2/c1-16(17-9-11-18(24)12-10-17)25-22(29)15-31-23-27-26-21(14-20-8-5-13-30-20)28(23)19-6-3-2-4-7-19/h2-13,16H,14-15H2,1H3,(H,25,29)/t16-/m0/s1. The van der Waals surface area contributed by atoms with Crippen molar-refractivity contribution >= 4 is 29.0 Å². The number of aromatic nitrogens is 3. The lowest BCUT2D eigenvalue weighted by molar-refractivity contribution is -0.119. The average Bonchev–Trinajstić information content (AvgIpc) is 3.43. The number of rotatable bonds is 8. The smallest absolute Gasteiger partial charge is 0.230 e. The number of nitrogens with zero attached hydrogens (tertiary/aromatic N) is 3. The molecule has 5 nitrogen and oxygen atoms in total. The van der Waals surface area contributed by atoms with E-state index in [-0.39, 0.29) is 23.5 Å². The molecule has 0 radical (unpaired) electrons. The molecule has 0 saturated carbocycles. The Morgan fingerprint density at radius 1 is 1.10 bits per heavy atom. The van der Waals surface area contributed by atoms with Gasteiger partial charge in [-0.2, -0.15) is 0 Å². The molecule has 0 aliphatic rings. The molecule has 0 saturated heterocycles. The third kappa shape index (κ3) is 5.39. The van der Waals surface area contributed by atoms with Crippen molar-refractivity contribution in [3.05, 3.63) is 94.2 Å². The van der Waals surface area contributed by atoms with Gasteiger partial charge in [0.1, 0.15) is 11.6 Å². The van der Waals surface area contributed by atoms with E-state index >= 15 is 0 Å². The molecule has 0 fully saturated rings. The SMILES string of the molecule is C[C@H](NC(=O)CSc1nnc(Cc2cccs2)n1-c1ccccc1)c1ccc(F)cc1. The minimum atomic E-state index is -0.295. The Labute approximate surface area is 188 Å². The van der Waals surface area contributed by atoms with Crippen LogP contribution in [0.5, 0.6) is 0 Å². The second-order valence-corrected chi connectivity index (χ2v) is 8.93. The van der Waals surface area contributed by atoms with E-state index in [0.717, 1.165) is 17.1 Å². The number of thioether (sulfide) groups is 1. The normalized spacial score (nSPS) is 11.9. The Hall–Kier alpha value is -2.97. The van der Waals surface area contributed by atoms with Crippen LogP contribution in [0.2, 0.25) is 0 Å². The Kier molecular flexibility index (Phi) is 6.79. The molecule has 1 amide bonds.